The van der Waals surface area contributed by atoms with Gasteiger partial charge in [0.15, 0.2) is 6.58 Å². The minimum absolute atomic E-state index is 0.780. The molecule has 0 aromatic heterocycles. The highest BCUT2D eigenvalue weighted by Gasteiger charge is 2.00. The quantitative estimate of drug-likeness (QED) is 0.813. The molecule has 0 aliphatic rings. The van der Waals surface area contributed by atoms with E-state index in [0.717, 1.165) is 31.7 Å². The Morgan fingerprint density at radius 1 is 1.00 bits per heavy atom. The Morgan fingerprint density at radius 2 is 1.50 bits per heavy atom. The molecule has 0 radical (unpaired) electrons. The van der Waals surface area contributed by atoms with Crippen LogP contribution in [0.4, 0.5) is 0 Å². The molecule has 18 heavy (non-hydrogen) atoms. The number of ether oxygens (including phenoxy) is 1. The molecule has 0 saturated carbocycles. The van der Waals surface area contributed by atoms with Crippen molar-refractivity contribution in [1.29, 1.82) is 0 Å². The summed E-state index contributed by atoms with van der Waals surface area (Å²) in [6.45, 7) is -1.50. The molecule has 0 spiro atoms. The molecule has 5 heteroatoms. The van der Waals surface area contributed by atoms with Crippen LogP contribution in [-0.4, -0.2) is 7.11 Å². The Kier molecular flexibility index (Phi) is 4.48. The first-order valence-electron chi connectivity index (χ1n) is 5.26. The van der Waals surface area contributed by atoms with Gasteiger partial charge in [-0.2, -0.15) is 0 Å². The van der Waals surface area contributed by atoms with Gasteiger partial charge in [0.05, 0.1) is 7.11 Å². The normalized spacial score (nSPS) is 10.8. The zero-order valence-corrected chi connectivity index (χ0v) is 12.2. The second kappa shape index (κ2) is 6.10. The summed E-state index contributed by atoms with van der Waals surface area (Å²) in [5, 5.41) is 0.780. The van der Waals surface area contributed by atoms with Gasteiger partial charge in [0.1, 0.15) is 5.75 Å². The lowest BCUT2D eigenvalue weighted by atomic mass is 10.1. The van der Waals surface area contributed by atoms with Crippen molar-refractivity contribution in [2.24, 2.45) is 0 Å². The van der Waals surface area contributed by atoms with E-state index in [4.69, 9.17) is 15.9 Å². The van der Waals surface area contributed by atoms with Gasteiger partial charge in [0, 0.05) is 5.30 Å². The monoisotopic (exact) mass is 294 g/mol. The molecule has 92 valence electrons. The lowest BCUT2D eigenvalue weighted by Crippen LogP contribution is -1.91. The van der Waals surface area contributed by atoms with Crippen molar-refractivity contribution in [2.45, 2.75) is 0 Å². The highest BCUT2D eigenvalue weighted by molar-refractivity contribution is 8.34. The van der Waals surface area contributed by atoms with E-state index in [-0.39, 0.29) is 0 Å². The Morgan fingerprint density at radius 3 is 1.94 bits per heavy atom. The zero-order valence-electron chi connectivity index (χ0n) is 9.70. The van der Waals surface area contributed by atoms with Crippen LogP contribution in [0.2, 0.25) is 0 Å². The van der Waals surface area contributed by atoms with E-state index < -0.39 is 6.58 Å². The highest BCUT2D eigenvalue weighted by atomic mass is 32.9. The summed E-state index contributed by atoms with van der Waals surface area (Å²) in [6.07, 6.45) is 0. The fourth-order valence-electron chi connectivity index (χ4n) is 1.60. The van der Waals surface area contributed by atoms with Gasteiger partial charge >= 0.3 is 0 Å². The van der Waals surface area contributed by atoms with Crippen molar-refractivity contribution < 1.29 is 9.30 Å². The molecule has 0 N–H and O–H groups in total. The van der Waals surface area contributed by atoms with Crippen molar-refractivity contribution >= 4 is 32.6 Å². The van der Waals surface area contributed by atoms with Crippen molar-refractivity contribution in [3.63, 3.8) is 0 Å². The van der Waals surface area contributed by atoms with Crippen LogP contribution in [-0.2, 0) is 25.3 Å². The van der Waals surface area contributed by atoms with Crippen LogP contribution in [0.3, 0.4) is 0 Å². The fourth-order valence-corrected chi connectivity index (χ4v) is 3.48. The van der Waals surface area contributed by atoms with Crippen molar-refractivity contribution in [2.75, 3.05) is 7.11 Å². The first-order chi connectivity index (χ1) is 8.74. The maximum atomic E-state index is 11.5. The summed E-state index contributed by atoms with van der Waals surface area (Å²) in [7, 11) is 2.61. The third-order valence-electron chi connectivity index (χ3n) is 2.57. The molecule has 1 atom stereocenters. The molecule has 0 aliphatic carbocycles. The Bertz CT molecular complexity index is 638. The molecular formula is C13H11O2PS2. The average Bonchev–Trinajstić information content (AvgIpc) is 2.47. The van der Waals surface area contributed by atoms with Crippen molar-refractivity contribution in [3.8, 4) is 16.9 Å². The van der Waals surface area contributed by atoms with Gasteiger partial charge in [-0.05, 0) is 56.1 Å². The summed E-state index contributed by atoms with van der Waals surface area (Å²) in [4.78, 5) is 0. The summed E-state index contributed by atoms with van der Waals surface area (Å²) in [5.74, 6) is 0.834. The molecule has 2 aromatic carbocycles. The zero-order chi connectivity index (χ0) is 13.0. The van der Waals surface area contributed by atoms with Gasteiger partial charge in [-0.3, -0.25) is 4.57 Å². The molecule has 0 amide bonds. The summed E-state index contributed by atoms with van der Waals surface area (Å²) in [6, 6.07) is 15.5. The predicted octanol–water partition coefficient (Wildman–Crippen LogP) is 3.27. The van der Waals surface area contributed by atoms with Crippen molar-refractivity contribution in [3.05, 3.63) is 48.5 Å². The first kappa shape index (κ1) is 13.2. The molecule has 2 aromatic rings. The third kappa shape index (κ3) is 2.96. The number of hydrogen-bond donors (Lipinski definition) is 0. The van der Waals surface area contributed by atoms with Gasteiger partial charge in [-0.25, -0.2) is 0 Å². The Labute approximate surface area is 114 Å². The Balaban J connectivity index is 2.34. The minimum atomic E-state index is -1.50. The van der Waals surface area contributed by atoms with E-state index in [1.807, 2.05) is 48.5 Å². The molecule has 0 bridgehead atoms. The molecule has 2 nitrogen and oxygen atoms in total. The third-order valence-corrected chi connectivity index (χ3v) is 5.68. The standard InChI is InChI=1S/C13H11O2PS2/c1-15-12-6-2-10(3-7-12)11-4-8-13(9-5-11)16(14)18-17/h2-9H,1H3. The van der Waals surface area contributed by atoms with Crippen LogP contribution in [0.1, 0.15) is 0 Å². The topological polar surface area (TPSA) is 26.3 Å². The minimum Gasteiger partial charge on any atom is -0.497 e. The lowest BCUT2D eigenvalue weighted by Gasteiger charge is -2.03. The second-order valence-corrected chi connectivity index (χ2v) is 7.57. The van der Waals surface area contributed by atoms with Crippen LogP contribution >= 0.6 is 6.58 Å². The Hall–Kier alpha value is -1.22. The second-order valence-electron chi connectivity index (χ2n) is 3.61. The van der Waals surface area contributed by atoms with Crippen LogP contribution in [0, 0.1) is 0 Å². The van der Waals surface area contributed by atoms with Gasteiger partial charge in [-0.1, -0.05) is 24.3 Å². The van der Waals surface area contributed by atoms with Crippen LogP contribution in [0.5, 0.6) is 5.75 Å². The fraction of sp³-hybridized carbons (Fsp3) is 0.0769. The molecule has 2 rings (SSSR count). The molecule has 1 unspecified atom stereocenters. The predicted molar refractivity (Wildman–Crippen MR) is 80.4 cm³/mol. The van der Waals surface area contributed by atoms with E-state index in [9.17, 15) is 4.57 Å². The molecule has 0 fully saturated rings. The van der Waals surface area contributed by atoms with E-state index in [2.05, 4.69) is 0 Å². The molecule has 0 aliphatic heterocycles. The van der Waals surface area contributed by atoms with Gasteiger partial charge in [-0.15, -0.1) is 0 Å². The summed E-state index contributed by atoms with van der Waals surface area (Å²) in [5.41, 5.74) is 2.18. The lowest BCUT2D eigenvalue weighted by molar-refractivity contribution is 0.415. The van der Waals surface area contributed by atoms with E-state index >= 15 is 0 Å². The average molecular weight is 294 g/mol. The molecule has 0 saturated heterocycles. The van der Waals surface area contributed by atoms with Crippen LogP contribution in [0.25, 0.3) is 11.1 Å². The number of benzene rings is 2. The summed E-state index contributed by atoms with van der Waals surface area (Å²) >= 11 is 4.73. The van der Waals surface area contributed by atoms with Gasteiger partial charge in [0.25, 0.3) is 0 Å². The highest BCUT2D eigenvalue weighted by Crippen LogP contribution is 2.22. The number of rotatable bonds is 3. The smallest absolute Gasteiger partial charge is 0.197 e. The van der Waals surface area contributed by atoms with Crippen molar-refractivity contribution in [1.82, 2.24) is 0 Å². The summed E-state index contributed by atoms with van der Waals surface area (Å²) < 4.78 is 16.7. The number of hydrogen-bond acceptors (Lipinski definition) is 3. The van der Waals surface area contributed by atoms with E-state index in [1.54, 1.807) is 7.11 Å². The SMILES string of the molecule is COc1ccc(-c2ccc(P(=O)=S=S)cc2)cc1. The number of methoxy groups -OCH3 is 1. The van der Waals surface area contributed by atoms with Crippen LogP contribution < -0.4 is 10.0 Å². The molecular weight excluding hydrogens is 283 g/mol. The van der Waals surface area contributed by atoms with Gasteiger partial charge in [0.2, 0.25) is 0 Å². The maximum absolute atomic E-state index is 11.5. The maximum Gasteiger partial charge on any atom is 0.197 e. The van der Waals surface area contributed by atoms with Crippen LogP contribution in [0.15, 0.2) is 48.5 Å². The van der Waals surface area contributed by atoms with Gasteiger partial charge < -0.3 is 4.74 Å². The molecule has 0 heterocycles. The van der Waals surface area contributed by atoms with E-state index in [0.29, 0.717) is 0 Å². The first-order valence-corrected chi connectivity index (χ1v) is 8.87. The largest absolute Gasteiger partial charge is 0.497 e. The van der Waals surface area contributed by atoms with E-state index in [1.165, 1.54) is 0 Å².